The summed E-state index contributed by atoms with van der Waals surface area (Å²) in [6.45, 7) is 10.6. The van der Waals surface area contributed by atoms with Gasteiger partial charge in [0.1, 0.15) is 18.5 Å². The Morgan fingerprint density at radius 1 is 1.23 bits per heavy atom. The number of rotatable bonds is 14. The lowest BCUT2D eigenvalue weighted by atomic mass is 10.1. The molecule has 5 nitrogen and oxygen atoms in total. The highest BCUT2D eigenvalue weighted by molar-refractivity contribution is 5.94. The van der Waals surface area contributed by atoms with Gasteiger partial charge in [-0.2, -0.15) is 0 Å². The molecule has 5 heteroatoms. The number of carbonyl (C=O) groups excluding carboxylic acids is 1. The summed E-state index contributed by atoms with van der Waals surface area (Å²) in [5.74, 6) is 1.22. The molecular weight excluding hydrogens is 330 g/mol. The van der Waals surface area contributed by atoms with Gasteiger partial charge in [-0.3, -0.25) is 4.79 Å². The van der Waals surface area contributed by atoms with E-state index >= 15 is 0 Å². The molecule has 148 valence electrons. The van der Waals surface area contributed by atoms with E-state index in [2.05, 4.69) is 26.1 Å². The number of ether oxygens (including phenoxy) is 2. The predicted molar refractivity (Wildman–Crippen MR) is 105 cm³/mol. The molecule has 0 amide bonds. The van der Waals surface area contributed by atoms with Crippen LogP contribution in [0.3, 0.4) is 0 Å². The first-order chi connectivity index (χ1) is 12.4. The molecule has 0 bridgehead atoms. The van der Waals surface area contributed by atoms with Gasteiger partial charge in [0.2, 0.25) is 0 Å². The normalized spacial score (nSPS) is 12.4. The summed E-state index contributed by atoms with van der Waals surface area (Å²) in [7, 11) is 0. The van der Waals surface area contributed by atoms with Crippen molar-refractivity contribution in [2.24, 2.45) is 5.92 Å². The quantitative estimate of drug-likeness (QED) is 0.390. The molecule has 0 aliphatic carbocycles. The van der Waals surface area contributed by atoms with Gasteiger partial charge in [0.25, 0.3) is 0 Å². The van der Waals surface area contributed by atoms with E-state index in [1.165, 1.54) is 0 Å². The summed E-state index contributed by atoms with van der Waals surface area (Å²) >= 11 is 0. The van der Waals surface area contributed by atoms with E-state index in [9.17, 15) is 9.90 Å². The lowest BCUT2D eigenvalue weighted by Gasteiger charge is -2.17. The van der Waals surface area contributed by atoms with Gasteiger partial charge in [-0.05, 0) is 44.0 Å². The van der Waals surface area contributed by atoms with Gasteiger partial charge in [0, 0.05) is 24.3 Å². The zero-order valence-electron chi connectivity index (χ0n) is 16.7. The molecule has 1 atom stereocenters. The second-order valence-electron chi connectivity index (χ2n) is 7.16. The summed E-state index contributed by atoms with van der Waals surface area (Å²) in [4.78, 5) is 11.6. The van der Waals surface area contributed by atoms with E-state index in [-0.39, 0.29) is 12.4 Å². The van der Waals surface area contributed by atoms with Crippen molar-refractivity contribution < 1.29 is 19.4 Å². The fourth-order valence-electron chi connectivity index (χ4n) is 2.47. The van der Waals surface area contributed by atoms with Crippen LogP contribution in [0.2, 0.25) is 0 Å². The average molecular weight is 366 g/mol. The van der Waals surface area contributed by atoms with E-state index < -0.39 is 6.10 Å². The van der Waals surface area contributed by atoms with Crippen molar-refractivity contribution in [2.75, 3.05) is 26.3 Å². The first-order valence-corrected chi connectivity index (χ1v) is 9.67. The summed E-state index contributed by atoms with van der Waals surface area (Å²) in [5.41, 5.74) is 1.49. The summed E-state index contributed by atoms with van der Waals surface area (Å²) in [6, 6.07) is 5.36. The first kappa shape index (κ1) is 22.6. The number of ketones is 1. The molecule has 1 rings (SSSR count). The molecule has 1 aromatic carbocycles. The molecule has 26 heavy (non-hydrogen) atoms. The minimum atomic E-state index is -0.584. The molecule has 0 aliphatic heterocycles. The fraction of sp³-hybridized carbons (Fsp3) is 0.667. The Morgan fingerprint density at radius 3 is 2.65 bits per heavy atom. The second kappa shape index (κ2) is 12.8. The maximum atomic E-state index is 11.6. The van der Waals surface area contributed by atoms with Gasteiger partial charge in [-0.25, -0.2) is 0 Å². The molecule has 0 heterocycles. The third-order valence-electron chi connectivity index (χ3n) is 3.98. The number of aliphatic hydroxyl groups is 1. The van der Waals surface area contributed by atoms with Crippen LogP contribution in [0, 0.1) is 5.92 Å². The Kier molecular flexibility index (Phi) is 11.2. The number of aliphatic hydroxyl groups excluding tert-OH is 1. The Labute approximate surface area is 158 Å². The predicted octanol–water partition coefficient (Wildman–Crippen LogP) is 3.58. The third kappa shape index (κ3) is 9.32. The van der Waals surface area contributed by atoms with E-state index in [1.807, 2.05) is 6.07 Å². The molecule has 0 aromatic heterocycles. The van der Waals surface area contributed by atoms with Crippen molar-refractivity contribution in [1.82, 2.24) is 5.32 Å². The largest absolute Gasteiger partial charge is 0.490 e. The SMILES string of the molecule is CCCCCOCc1cc(C(C)=O)ccc1OCC(O)CNCC(C)C. The average Bonchev–Trinajstić information content (AvgIpc) is 2.59. The van der Waals surface area contributed by atoms with Crippen LogP contribution in [-0.4, -0.2) is 43.3 Å². The number of unbranched alkanes of at least 4 members (excludes halogenated alkanes) is 2. The first-order valence-electron chi connectivity index (χ1n) is 9.67. The molecule has 0 radical (unpaired) electrons. The number of benzene rings is 1. The summed E-state index contributed by atoms with van der Waals surface area (Å²) < 4.78 is 11.5. The van der Waals surface area contributed by atoms with Crippen molar-refractivity contribution in [3.05, 3.63) is 29.3 Å². The van der Waals surface area contributed by atoms with E-state index in [0.29, 0.717) is 37.0 Å². The Hall–Kier alpha value is -1.43. The van der Waals surface area contributed by atoms with Crippen LogP contribution in [-0.2, 0) is 11.3 Å². The minimum Gasteiger partial charge on any atom is -0.490 e. The van der Waals surface area contributed by atoms with Crippen LogP contribution in [0.4, 0.5) is 0 Å². The second-order valence-corrected chi connectivity index (χ2v) is 7.16. The van der Waals surface area contributed by atoms with Crippen LogP contribution >= 0.6 is 0 Å². The zero-order valence-corrected chi connectivity index (χ0v) is 16.7. The third-order valence-corrected chi connectivity index (χ3v) is 3.98. The monoisotopic (exact) mass is 365 g/mol. The zero-order chi connectivity index (χ0) is 19.4. The summed E-state index contributed by atoms with van der Waals surface area (Å²) in [6.07, 6.45) is 2.74. The number of nitrogens with one attached hydrogen (secondary N) is 1. The van der Waals surface area contributed by atoms with Crippen molar-refractivity contribution >= 4 is 5.78 Å². The van der Waals surface area contributed by atoms with Crippen molar-refractivity contribution in [3.8, 4) is 5.75 Å². The Balaban J connectivity index is 2.59. The fourth-order valence-corrected chi connectivity index (χ4v) is 2.47. The van der Waals surface area contributed by atoms with E-state index in [1.54, 1.807) is 19.1 Å². The molecule has 1 unspecified atom stereocenters. The lowest BCUT2D eigenvalue weighted by Crippen LogP contribution is -2.33. The smallest absolute Gasteiger partial charge is 0.159 e. The highest BCUT2D eigenvalue weighted by Gasteiger charge is 2.11. The number of hydrogen-bond acceptors (Lipinski definition) is 5. The van der Waals surface area contributed by atoms with Crippen molar-refractivity contribution in [3.63, 3.8) is 0 Å². The van der Waals surface area contributed by atoms with Crippen molar-refractivity contribution in [2.45, 2.75) is 59.7 Å². The Morgan fingerprint density at radius 2 is 2.00 bits per heavy atom. The molecule has 1 aromatic rings. The van der Waals surface area contributed by atoms with Gasteiger partial charge < -0.3 is 19.9 Å². The van der Waals surface area contributed by atoms with Crippen LogP contribution in [0.1, 0.15) is 62.9 Å². The van der Waals surface area contributed by atoms with Gasteiger partial charge in [0.05, 0.1) is 6.61 Å². The molecule has 0 saturated heterocycles. The molecule has 0 fully saturated rings. The maximum absolute atomic E-state index is 11.6. The molecule has 2 N–H and O–H groups in total. The Bertz CT molecular complexity index is 531. The maximum Gasteiger partial charge on any atom is 0.159 e. The standard InChI is InChI=1S/C21H35NO4/c1-5-6-7-10-25-14-19-11-18(17(4)23)8-9-21(19)26-15-20(24)13-22-12-16(2)3/h8-9,11,16,20,22,24H,5-7,10,12-15H2,1-4H3. The topological polar surface area (TPSA) is 67.8 Å². The van der Waals surface area contributed by atoms with Gasteiger partial charge in [0.15, 0.2) is 5.78 Å². The summed E-state index contributed by atoms with van der Waals surface area (Å²) in [5, 5.41) is 13.3. The lowest BCUT2D eigenvalue weighted by molar-refractivity contribution is 0.0961. The number of Topliss-reactive ketones (excluding diaryl/α,β-unsaturated/α-hetero) is 1. The van der Waals surface area contributed by atoms with Gasteiger partial charge in [-0.15, -0.1) is 0 Å². The van der Waals surface area contributed by atoms with Crippen LogP contribution in [0.15, 0.2) is 18.2 Å². The molecule has 0 saturated carbocycles. The molecule has 0 aliphatic rings. The highest BCUT2D eigenvalue weighted by Crippen LogP contribution is 2.22. The number of carbonyl (C=O) groups is 1. The van der Waals surface area contributed by atoms with Crippen molar-refractivity contribution in [1.29, 1.82) is 0 Å². The van der Waals surface area contributed by atoms with Crippen LogP contribution in [0.25, 0.3) is 0 Å². The van der Waals surface area contributed by atoms with Gasteiger partial charge in [-0.1, -0.05) is 33.6 Å². The van der Waals surface area contributed by atoms with Gasteiger partial charge >= 0.3 is 0 Å². The minimum absolute atomic E-state index is 0.0155. The van der Waals surface area contributed by atoms with Crippen LogP contribution in [0.5, 0.6) is 5.75 Å². The van der Waals surface area contributed by atoms with E-state index in [4.69, 9.17) is 9.47 Å². The van der Waals surface area contributed by atoms with Crippen LogP contribution < -0.4 is 10.1 Å². The van der Waals surface area contributed by atoms with E-state index in [0.717, 1.165) is 31.4 Å². The molecular formula is C21H35NO4. The highest BCUT2D eigenvalue weighted by atomic mass is 16.5. The number of hydrogen-bond donors (Lipinski definition) is 2. The molecule has 0 spiro atoms.